The molecule has 3 unspecified atom stereocenters. The molecule has 3 heterocycles. The molecule has 3 aliphatic heterocycles. The molecule has 0 aliphatic carbocycles. The summed E-state index contributed by atoms with van der Waals surface area (Å²) in [6.07, 6.45) is 6.53. The lowest BCUT2D eigenvalue weighted by molar-refractivity contribution is -0.154. The maximum Gasteiger partial charge on any atom is 0.310 e. The molecule has 4 rings (SSSR count). The molecule has 1 N–H and O–H groups in total. The van der Waals surface area contributed by atoms with Gasteiger partial charge in [0.25, 0.3) is 5.91 Å². The number of nitrogens with zero attached hydrogens (tertiary/aromatic N) is 2. The standard InChI is InChI=1S/C29H37BrN2O6S/c1-4-6-9-17-38-28(36)22-23-26(34)32(15-7-8-16-33)25(29(23)18-21(30)24(22)39-29)27(35)31(14-5-2)19-10-12-20(37-3)13-11-19/h4-5,10-13,21-25,33H,1-2,6-9,14-18H2,3H3/t21?,22-,23+,24-,25?,29?/m1/s1. The molecular weight excluding hydrogens is 584 g/mol. The highest BCUT2D eigenvalue weighted by atomic mass is 79.9. The van der Waals surface area contributed by atoms with Gasteiger partial charge in [-0.2, -0.15) is 0 Å². The van der Waals surface area contributed by atoms with E-state index in [0.29, 0.717) is 43.7 Å². The number of fused-ring (bicyclic) bond motifs is 1. The minimum atomic E-state index is -0.761. The summed E-state index contributed by atoms with van der Waals surface area (Å²) in [5, 5.41) is 9.23. The highest BCUT2D eigenvalue weighted by Crippen LogP contribution is 2.68. The second kappa shape index (κ2) is 12.9. The number of likely N-dealkylation sites (tertiary alicyclic amines) is 1. The molecule has 3 fully saturated rings. The van der Waals surface area contributed by atoms with Gasteiger partial charge >= 0.3 is 5.97 Å². The number of anilines is 1. The molecule has 3 saturated heterocycles. The van der Waals surface area contributed by atoms with Crippen LogP contribution in [-0.2, 0) is 19.1 Å². The molecule has 1 spiro atoms. The minimum absolute atomic E-state index is 0.00358. The van der Waals surface area contributed by atoms with Gasteiger partial charge in [0.1, 0.15) is 11.8 Å². The van der Waals surface area contributed by atoms with Gasteiger partial charge in [-0.05, 0) is 56.4 Å². The van der Waals surface area contributed by atoms with E-state index in [2.05, 4.69) is 29.1 Å². The Balaban J connectivity index is 1.70. The lowest BCUT2D eigenvalue weighted by atomic mass is 9.71. The Morgan fingerprint density at radius 3 is 2.62 bits per heavy atom. The van der Waals surface area contributed by atoms with Crippen LogP contribution < -0.4 is 9.64 Å². The van der Waals surface area contributed by atoms with Crippen LogP contribution in [0.5, 0.6) is 5.75 Å². The molecule has 2 bridgehead atoms. The lowest BCUT2D eigenvalue weighted by Crippen LogP contribution is -2.55. The topological polar surface area (TPSA) is 96.4 Å². The number of halogens is 1. The third-order valence-corrected chi connectivity index (χ3v) is 11.1. The molecule has 0 aromatic heterocycles. The summed E-state index contributed by atoms with van der Waals surface area (Å²) in [6, 6.07) is 6.46. The van der Waals surface area contributed by atoms with Crippen LogP contribution in [0.2, 0.25) is 0 Å². The molecule has 3 aliphatic rings. The number of thioether (sulfide) groups is 1. The molecule has 1 aromatic carbocycles. The Bertz CT molecular complexity index is 1080. The van der Waals surface area contributed by atoms with E-state index in [1.165, 1.54) is 0 Å². The monoisotopic (exact) mass is 620 g/mol. The number of hydrogen-bond donors (Lipinski definition) is 1. The molecule has 1 aromatic rings. The van der Waals surface area contributed by atoms with E-state index in [4.69, 9.17) is 9.47 Å². The molecule has 10 heteroatoms. The predicted molar refractivity (Wildman–Crippen MR) is 156 cm³/mol. The average Bonchev–Trinajstić information content (AvgIpc) is 3.53. The van der Waals surface area contributed by atoms with Crippen molar-refractivity contribution in [1.29, 1.82) is 0 Å². The third kappa shape index (κ3) is 5.52. The van der Waals surface area contributed by atoms with Gasteiger partial charge in [-0.25, -0.2) is 0 Å². The molecule has 39 heavy (non-hydrogen) atoms. The lowest BCUT2D eigenvalue weighted by Gasteiger charge is -2.37. The van der Waals surface area contributed by atoms with Crippen LogP contribution in [0.1, 0.15) is 32.1 Å². The van der Waals surface area contributed by atoms with Crippen LogP contribution >= 0.6 is 27.7 Å². The molecule has 6 atom stereocenters. The van der Waals surface area contributed by atoms with Crippen molar-refractivity contribution in [2.75, 3.05) is 38.3 Å². The number of carbonyl (C=O) groups excluding carboxylic acids is 3. The number of amides is 2. The number of methoxy groups -OCH3 is 1. The van der Waals surface area contributed by atoms with Crippen molar-refractivity contribution in [3.8, 4) is 5.75 Å². The van der Waals surface area contributed by atoms with E-state index >= 15 is 0 Å². The van der Waals surface area contributed by atoms with E-state index < -0.39 is 22.6 Å². The van der Waals surface area contributed by atoms with Gasteiger partial charge in [0.15, 0.2) is 0 Å². The Morgan fingerprint density at radius 2 is 1.97 bits per heavy atom. The fourth-order valence-electron chi connectivity index (χ4n) is 6.17. The van der Waals surface area contributed by atoms with Crippen LogP contribution in [0.3, 0.4) is 0 Å². The van der Waals surface area contributed by atoms with Gasteiger partial charge in [-0.1, -0.05) is 28.1 Å². The summed E-state index contributed by atoms with van der Waals surface area (Å²) < 4.78 is 10.2. The highest BCUT2D eigenvalue weighted by molar-refractivity contribution is 9.09. The first kappa shape index (κ1) is 29.7. The van der Waals surface area contributed by atoms with Crippen molar-refractivity contribution in [3.63, 3.8) is 0 Å². The highest BCUT2D eigenvalue weighted by Gasteiger charge is 2.76. The quantitative estimate of drug-likeness (QED) is 0.146. The summed E-state index contributed by atoms with van der Waals surface area (Å²) in [4.78, 5) is 45.2. The van der Waals surface area contributed by atoms with Gasteiger partial charge in [0.2, 0.25) is 5.91 Å². The molecular formula is C29H37BrN2O6S. The maximum atomic E-state index is 14.5. The largest absolute Gasteiger partial charge is 0.497 e. The number of hydrogen-bond acceptors (Lipinski definition) is 7. The van der Waals surface area contributed by atoms with Crippen molar-refractivity contribution >= 4 is 51.2 Å². The minimum Gasteiger partial charge on any atom is -0.497 e. The Morgan fingerprint density at radius 1 is 1.23 bits per heavy atom. The van der Waals surface area contributed by atoms with E-state index in [0.717, 1.165) is 6.42 Å². The van der Waals surface area contributed by atoms with Gasteiger partial charge in [0, 0.05) is 35.5 Å². The number of aliphatic hydroxyl groups is 1. The average molecular weight is 622 g/mol. The maximum absolute atomic E-state index is 14.5. The van der Waals surface area contributed by atoms with Crippen LogP contribution in [0, 0.1) is 11.8 Å². The number of unbranched alkanes of at least 4 members (excludes halogenated alkanes) is 2. The van der Waals surface area contributed by atoms with Crippen LogP contribution in [-0.4, -0.2) is 82.1 Å². The molecule has 212 valence electrons. The Hall–Kier alpha value is -2.30. The van der Waals surface area contributed by atoms with E-state index in [1.807, 2.05) is 12.1 Å². The summed E-state index contributed by atoms with van der Waals surface area (Å²) in [7, 11) is 1.58. The first-order chi connectivity index (χ1) is 18.8. The number of allylic oxidation sites excluding steroid dienone is 1. The van der Waals surface area contributed by atoms with Crippen LogP contribution in [0.15, 0.2) is 49.6 Å². The smallest absolute Gasteiger partial charge is 0.310 e. The number of alkyl halides is 1. The SMILES string of the molecule is C=CCCCOC(=O)[C@H]1[C@@H]2SC3(CC2Br)C(C(=O)N(CC=C)c2ccc(OC)cc2)N(CCCCO)C(=O)[C@H]13. The zero-order chi connectivity index (χ0) is 28.2. The first-order valence-electron chi connectivity index (χ1n) is 13.4. The Labute approximate surface area is 242 Å². The normalized spacial score (nSPS) is 28.7. The second-order valence-corrected chi connectivity index (χ2v) is 12.9. The van der Waals surface area contributed by atoms with Crippen molar-refractivity contribution in [2.45, 2.75) is 53.0 Å². The molecule has 2 amide bonds. The molecule has 0 radical (unpaired) electrons. The number of rotatable bonds is 14. The summed E-state index contributed by atoms with van der Waals surface area (Å²) in [6.45, 7) is 8.43. The van der Waals surface area contributed by atoms with Crippen molar-refractivity contribution < 1.29 is 29.0 Å². The number of esters is 1. The summed E-state index contributed by atoms with van der Waals surface area (Å²) >= 11 is 5.37. The Kier molecular flexibility index (Phi) is 9.82. The third-order valence-electron chi connectivity index (χ3n) is 7.86. The zero-order valence-corrected chi connectivity index (χ0v) is 24.7. The van der Waals surface area contributed by atoms with Gasteiger partial charge in [0.05, 0.1) is 30.3 Å². The predicted octanol–water partition coefficient (Wildman–Crippen LogP) is 3.96. The second-order valence-electron chi connectivity index (χ2n) is 10.2. The van der Waals surface area contributed by atoms with Crippen LogP contribution in [0.25, 0.3) is 0 Å². The first-order valence-corrected chi connectivity index (χ1v) is 15.2. The zero-order valence-electron chi connectivity index (χ0n) is 22.3. The number of aliphatic hydroxyl groups excluding tert-OH is 1. The fraction of sp³-hybridized carbons (Fsp3) is 0.552. The van der Waals surface area contributed by atoms with Crippen LogP contribution in [0.4, 0.5) is 5.69 Å². The number of ether oxygens (including phenoxy) is 2. The van der Waals surface area contributed by atoms with Gasteiger partial charge in [-0.3, -0.25) is 14.4 Å². The number of benzene rings is 1. The van der Waals surface area contributed by atoms with Gasteiger partial charge < -0.3 is 24.4 Å². The molecule has 0 saturated carbocycles. The van der Waals surface area contributed by atoms with E-state index in [9.17, 15) is 19.5 Å². The van der Waals surface area contributed by atoms with E-state index in [1.54, 1.807) is 53.0 Å². The summed E-state index contributed by atoms with van der Waals surface area (Å²) in [5.41, 5.74) is 0.675. The van der Waals surface area contributed by atoms with Crippen molar-refractivity contribution in [3.05, 3.63) is 49.6 Å². The number of carbonyl (C=O) groups is 3. The summed E-state index contributed by atoms with van der Waals surface area (Å²) in [5.74, 6) is -1.35. The van der Waals surface area contributed by atoms with Gasteiger partial charge in [-0.15, -0.1) is 24.9 Å². The van der Waals surface area contributed by atoms with Crippen molar-refractivity contribution in [2.24, 2.45) is 11.8 Å². The van der Waals surface area contributed by atoms with Crippen molar-refractivity contribution in [1.82, 2.24) is 4.90 Å². The molecule has 8 nitrogen and oxygen atoms in total. The fourth-order valence-corrected chi connectivity index (χ4v) is 9.77. The van der Waals surface area contributed by atoms with E-state index in [-0.39, 0.29) is 47.6 Å².